The van der Waals surface area contributed by atoms with Gasteiger partial charge in [0.25, 0.3) is 0 Å². The summed E-state index contributed by atoms with van der Waals surface area (Å²) in [7, 11) is 1.41. The van der Waals surface area contributed by atoms with Gasteiger partial charge in [0, 0.05) is 17.5 Å². The van der Waals surface area contributed by atoms with Crippen LogP contribution in [0.5, 0.6) is 5.75 Å². The van der Waals surface area contributed by atoms with Crippen molar-refractivity contribution >= 4 is 17.1 Å². The first-order valence-corrected chi connectivity index (χ1v) is 5.83. The van der Waals surface area contributed by atoms with Crippen LogP contribution >= 0.6 is 11.3 Å². The van der Waals surface area contributed by atoms with E-state index in [4.69, 9.17) is 4.74 Å². The fourth-order valence-corrected chi connectivity index (χ4v) is 2.11. The third kappa shape index (κ3) is 2.50. The normalized spacial score (nSPS) is 10.2. The number of carbonyl (C=O) groups excluding carboxylic acids is 1. The molecule has 0 bridgehead atoms. The number of ether oxygens (including phenoxy) is 1. The largest absolute Gasteiger partial charge is 0.496 e. The molecule has 17 heavy (non-hydrogen) atoms. The lowest BCUT2D eigenvalue weighted by Crippen LogP contribution is -2.07. The molecule has 0 amide bonds. The van der Waals surface area contributed by atoms with E-state index in [9.17, 15) is 9.18 Å². The zero-order chi connectivity index (χ0) is 12.3. The smallest absolute Gasteiger partial charge is 0.174 e. The minimum atomic E-state index is -0.557. The van der Waals surface area contributed by atoms with Gasteiger partial charge in [0.1, 0.15) is 11.6 Å². The van der Waals surface area contributed by atoms with Gasteiger partial charge in [0.05, 0.1) is 18.2 Å². The van der Waals surface area contributed by atoms with Crippen LogP contribution in [0.25, 0.3) is 0 Å². The van der Waals surface area contributed by atoms with Crippen molar-refractivity contribution in [3.8, 4) is 5.75 Å². The molecule has 0 saturated carbocycles. The zero-order valence-electron chi connectivity index (χ0n) is 9.14. The Hall–Kier alpha value is -1.75. The molecule has 0 spiro atoms. The van der Waals surface area contributed by atoms with E-state index in [2.05, 4.69) is 4.98 Å². The SMILES string of the molecule is COc1cccc(F)c1C(=O)Cc1cncs1. The number of ketones is 1. The Morgan fingerprint density at radius 1 is 1.53 bits per heavy atom. The third-order valence-corrected chi connectivity index (χ3v) is 3.07. The molecule has 3 nitrogen and oxygen atoms in total. The molecule has 88 valence electrons. The van der Waals surface area contributed by atoms with Crippen molar-refractivity contribution in [1.29, 1.82) is 0 Å². The molecule has 2 aromatic rings. The third-order valence-electron chi connectivity index (χ3n) is 2.29. The molecule has 0 unspecified atom stereocenters. The first-order chi connectivity index (χ1) is 8.22. The summed E-state index contributed by atoms with van der Waals surface area (Å²) >= 11 is 1.37. The summed E-state index contributed by atoms with van der Waals surface area (Å²) in [4.78, 5) is 16.7. The van der Waals surface area contributed by atoms with E-state index >= 15 is 0 Å². The van der Waals surface area contributed by atoms with E-state index in [1.807, 2.05) is 0 Å². The Bertz CT molecular complexity index is 525. The molecule has 1 aromatic heterocycles. The number of carbonyl (C=O) groups is 1. The molecule has 0 aliphatic heterocycles. The van der Waals surface area contributed by atoms with Gasteiger partial charge >= 0.3 is 0 Å². The van der Waals surface area contributed by atoms with Crippen LogP contribution in [-0.4, -0.2) is 17.9 Å². The average molecular weight is 251 g/mol. The zero-order valence-corrected chi connectivity index (χ0v) is 9.96. The molecule has 0 fully saturated rings. The van der Waals surface area contributed by atoms with Crippen molar-refractivity contribution < 1.29 is 13.9 Å². The van der Waals surface area contributed by atoms with Crippen LogP contribution in [0.15, 0.2) is 29.9 Å². The van der Waals surface area contributed by atoms with E-state index in [1.54, 1.807) is 17.8 Å². The summed E-state index contributed by atoms with van der Waals surface area (Å²) in [6.07, 6.45) is 1.75. The summed E-state index contributed by atoms with van der Waals surface area (Å²) in [6, 6.07) is 4.34. The average Bonchev–Trinajstić information content (AvgIpc) is 2.81. The minimum Gasteiger partial charge on any atom is -0.496 e. The summed E-state index contributed by atoms with van der Waals surface area (Å²) < 4.78 is 18.6. The summed E-state index contributed by atoms with van der Waals surface area (Å²) in [5.74, 6) is -0.595. The second kappa shape index (κ2) is 5.05. The lowest BCUT2D eigenvalue weighted by molar-refractivity contribution is 0.0986. The first-order valence-electron chi connectivity index (χ1n) is 4.95. The Balaban J connectivity index is 2.30. The van der Waals surface area contributed by atoms with Crippen LogP contribution in [-0.2, 0) is 6.42 Å². The number of rotatable bonds is 4. The van der Waals surface area contributed by atoms with E-state index in [0.29, 0.717) is 0 Å². The molecule has 0 radical (unpaired) electrons. The Labute approximate surface area is 102 Å². The maximum atomic E-state index is 13.6. The molecule has 0 atom stereocenters. The van der Waals surface area contributed by atoms with Crippen molar-refractivity contribution in [2.75, 3.05) is 7.11 Å². The maximum Gasteiger partial charge on any atom is 0.174 e. The number of nitrogens with zero attached hydrogens (tertiary/aromatic N) is 1. The van der Waals surface area contributed by atoms with Crippen LogP contribution in [0.4, 0.5) is 4.39 Å². The number of halogens is 1. The van der Waals surface area contributed by atoms with E-state index < -0.39 is 5.82 Å². The van der Waals surface area contributed by atoms with Crippen molar-refractivity contribution in [3.05, 3.63) is 46.2 Å². The fraction of sp³-hybridized carbons (Fsp3) is 0.167. The molecule has 1 aromatic carbocycles. The van der Waals surface area contributed by atoms with Gasteiger partial charge in [-0.2, -0.15) is 0 Å². The Morgan fingerprint density at radius 2 is 2.35 bits per heavy atom. The van der Waals surface area contributed by atoms with Crippen molar-refractivity contribution in [1.82, 2.24) is 4.98 Å². The molecule has 0 aliphatic carbocycles. The molecule has 0 N–H and O–H groups in total. The van der Waals surface area contributed by atoms with Gasteiger partial charge in [-0.25, -0.2) is 4.39 Å². The Morgan fingerprint density at radius 3 is 3.00 bits per heavy atom. The Kier molecular flexibility index (Phi) is 3.49. The van der Waals surface area contributed by atoms with Gasteiger partial charge in [-0.05, 0) is 12.1 Å². The second-order valence-corrected chi connectivity index (χ2v) is 4.36. The number of hydrogen-bond donors (Lipinski definition) is 0. The molecule has 2 rings (SSSR count). The van der Waals surface area contributed by atoms with Gasteiger partial charge in [-0.1, -0.05) is 6.07 Å². The predicted octanol–water partition coefficient (Wildman–Crippen LogP) is 2.72. The van der Waals surface area contributed by atoms with Crippen molar-refractivity contribution in [3.63, 3.8) is 0 Å². The van der Waals surface area contributed by atoms with E-state index in [-0.39, 0.29) is 23.5 Å². The first kappa shape index (κ1) is 11.7. The molecule has 5 heteroatoms. The van der Waals surface area contributed by atoms with Gasteiger partial charge < -0.3 is 4.74 Å². The molecule has 0 aliphatic rings. The standard InChI is InChI=1S/C12H10FNO2S/c1-16-11-4-2-3-9(13)12(11)10(15)5-8-6-14-7-17-8/h2-4,6-7H,5H2,1H3. The molecule has 0 saturated heterocycles. The number of benzene rings is 1. The second-order valence-electron chi connectivity index (χ2n) is 3.38. The van der Waals surface area contributed by atoms with Crippen LogP contribution in [0.2, 0.25) is 0 Å². The van der Waals surface area contributed by atoms with Crippen molar-refractivity contribution in [2.45, 2.75) is 6.42 Å². The highest BCUT2D eigenvalue weighted by atomic mass is 32.1. The van der Waals surface area contributed by atoms with Gasteiger partial charge in [0.2, 0.25) is 0 Å². The highest BCUT2D eigenvalue weighted by Gasteiger charge is 2.18. The van der Waals surface area contributed by atoms with E-state index in [0.717, 1.165) is 4.88 Å². The van der Waals surface area contributed by atoms with Gasteiger partial charge in [0.15, 0.2) is 5.78 Å². The number of hydrogen-bond acceptors (Lipinski definition) is 4. The monoisotopic (exact) mass is 251 g/mol. The number of Topliss-reactive ketones (excluding diaryl/α,β-unsaturated/α-hetero) is 1. The lowest BCUT2D eigenvalue weighted by Gasteiger charge is -2.07. The molecular formula is C12H10FNO2S. The van der Waals surface area contributed by atoms with Crippen LogP contribution < -0.4 is 4.74 Å². The van der Waals surface area contributed by atoms with Gasteiger partial charge in [-0.3, -0.25) is 9.78 Å². The van der Waals surface area contributed by atoms with E-state index in [1.165, 1.54) is 30.6 Å². The molecule has 1 heterocycles. The summed E-state index contributed by atoms with van der Waals surface area (Å²) in [6.45, 7) is 0. The number of thiazole rings is 1. The number of aromatic nitrogens is 1. The van der Waals surface area contributed by atoms with Crippen molar-refractivity contribution in [2.24, 2.45) is 0 Å². The van der Waals surface area contributed by atoms with Crippen LogP contribution in [0, 0.1) is 5.82 Å². The highest BCUT2D eigenvalue weighted by molar-refractivity contribution is 7.09. The predicted molar refractivity (Wildman–Crippen MR) is 63.1 cm³/mol. The highest BCUT2D eigenvalue weighted by Crippen LogP contribution is 2.23. The van der Waals surface area contributed by atoms with Gasteiger partial charge in [-0.15, -0.1) is 11.3 Å². The summed E-state index contributed by atoms with van der Waals surface area (Å²) in [5.41, 5.74) is 1.64. The fourth-order valence-electron chi connectivity index (χ4n) is 1.52. The van der Waals surface area contributed by atoms with Crippen LogP contribution in [0.3, 0.4) is 0 Å². The quantitative estimate of drug-likeness (QED) is 0.784. The topological polar surface area (TPSA) is 39.2 Å². The number of methoxy groups -OCH3 is 1. The maximum absolute atomic E-state index is 13.6. The lowest BCUT2D eigenvalue weighted by atomic mass is 10.1. The van der Waals surface area contributed by atoms with Crippen LogP contribution in [0.1, 0.15) is 15.2 Å². The molecular weight excluding hydrogens is 241 g/mol. The summed E-state index contributed by atoms with van der Waals surface area (Å²) in [5, 5.41) is 0. The minimum absolute atomic E-state index is 0.00315.